The normalized spacial score (nSPS) is 9.96. The SMILES string of the molecule is C=CC(=O)NCCCCOc1ccccc1C(=O)OCCCC. The first-order chi connectivity index (χ1) is 11.2. The number of ether oxygens (including phenoxy) is 2. The lowest BCUT2D eigenvalue weighted by molar-refractivity contribution is -0.116. The fourth-order valence-electron chi connectivity index (χ4n) is 1.84. The molecule has 0 aliphatic heterocycles. The predicted octanol–water partition coefficient (Wildman–Crippen LogP) is 3.10. The summed E-state index contributed by atoms with van der Waals surface area (Å²) in [6.45, 7) is 6.91. The third-order valence-corrected chi connectivity index (χ3v) is 3.15. The van der Waals surface area contributed by atoms with Crippen molar-refractivity contribution >= 4 is 11.9 Å². The molecule has 1 N–H and O–H groups in total. The van der Waals surface area contributed by atoms with Gasteiger partial charge >= 0.3 is 5.97 Å². The van der Waals surface area contributed by atoms with E-state index in [2.05, 4.69) is 11.9 Å². The van der Waals surface area contributed by atoms with Crippen molar-refractivity contribution in [3.63, 3.8) is 0 Å². The predicted molar refractivity (Wildman–Crippen MR) is 89.6 cm³/mol. The van der Waals surface area contributed by atoms with Gasteiger partial charge in [0.1, 0.15) is 11.3 Å². The van der Waals surface area contributed by atoms with E-state index in [-0.39, 0.29) is 11.9 Å². The van der Waals surface area contributed by atoms with Gasteiger partial charge in [-0.3, -0.25) is 4.79 Å². The Morgan fingerprint density at radius 3 is 2.70 bits per heavy atom. The van der Waals surface area contributed by atoms with Gasteiger partial charge in [0.05, 0.1) is 13.2 Å². The van der Waals surface area contributed by atoms with E-state index in [1.54, 1.807) is 18.2 Å². The molecule has 0 unspecified atom stereocenters. The molecule has 0 fully saturated rings. The molecule has 0 spiro atoms. The van der Waals surface area contributed by atoms with Gasteiger partial charge < -0.3 is 14.8 Å². The summed E-state index contributed by atoms with van der Waals surface area (Å²) >= 11 is 0. The molecule has 0 heterocycles. The van der Waals surface area contributed by atoms with Crippen molar-refractivity contribution in [2.24, 2.45) is 0 Å². The van der Waals surface area contributed by atoms with Gasteiger partial charge in [0, 0.05) is 6.54 Å². The van der Waals surface area contributed by atoms with Gasteiger partial charge in [0.25, 0.3) is 0 Å². The minimum Gasteiger partial charge on any atom is -0.493 e. The highest BCUT2D eigenvalue weighted by atomic mass is 16.5. The first kappa shape index (κ1) is 18.7. The Balaban J connectivity index is 2.37. The van der Waals surface area contributed by atoms with Crippen LogP contribution in [0.2, 0.25) is 0 Å². The van der Waals surface area contributed by atoms with Crippen molar-refractivity contribution in [1.29, 1.82) is 0 Å². The Bertz CT molecular complexity index is 513. The maximum absolute atomic E-state index is 12.0. The van der Waals surface area contributed by atoms with Crippen LogP contribution in [0.1, 0.15) is 43.0 Å². The van der Waals surface area contributed by atoms with Gasteiger partial charge in [0.15, 0.2) is 0 Å². The molecule has 126 valence electrons. The summed E-state index contributed by atoms with van der Waals surface area (Å²) in [4.78, 5) is 23.0. The molecule has 5 nitrogen and oxygen atoms in total. The Labute approximate surface area is 137 Å². The number of esters is 1. The van der Waals surface area contributed by atoms with E-state index in [1.165, 1.54) is 6.08 Å². The Kier molecular flexibility index (Phi) is 9.20. The minimum absolute atomic E-state index is 0.175. The number of hydrogen-bond acceptors (Lipinski definition) is 4. The number of benzene rings is 1. The summed E-state index contributed by atoms with van der Waals surface area (Å²) in [5.41, 5.74) is 0.448. The van der Waals surface area contributed by atoms with Gasteiger partial charge in [-0.2, -0.15) is 0 Å². The molecule has 0 saturated heterocycles. The van der Waals surface area contributed by atoms with Crippen LogP contribution in [0.3, 0.4) is 0 Å². The second-order valence-corrected chi connectivity index (χ2v) is 5.04. The van der Waals surface area contributed by atoms with Gasteiger partial charge in [-0.05, 0) is 37.5 Å². The molecular weight excluding hydrogens is 294 g/mol. The van der Waals surface area contributed by atoms with Crippen molar-refractivity contribution < 1.29 is 19.1 Å². The van der Waals surface area contributed by atoms with Crippen LogP contribution in [0.5, 0.6) is 5.75 Å². The minimum atomic E-state index is -0.354. The van der Waals surface area contributed by atoms with Gasteiger partial charge in [0.2, 0.25) is 5.91 Å². The maximum Gasteiger partial charge on any atom is 0.341 e. The van der Waals surface area contributed by atoms with Crippen LogP contribution in [-0.4, -0.2) is 31.6 Å². The largest absolute Gasteiger partial charge is 0.493 e. The Hall–Kier alpha value is -2.30. The van der Waals surface area contributed by atoms with Crippen molar-refractivity contribution in [3.8, 4) is 5.75 Å². The third-order valence-electron chi connectivity index (χ3n) is 3.15. The molecule has 23 heavy (non-hydrogen) atoms. The summed E-state index contributed by atoms with van der Waals surface area (Å²) < 4.78 is 10.9. The second kappa shape index (κ2) is 11.3. The number of amides is 1. The summed E-state index contributed by atoms with van der Waals surface area (Å²) in [6, 6.07) is 7.07. The molecule has 0 aromatic heterocycles. The second-order valence-electron chi connectivity index (χ2n) is 5.04. The van der Waals surface area contributed by atoms with E-state index in [0.29, 0.717) is 31.1 Å². The van der Waals surface area contributed by atoms with Crippen molar-refractivity contribution in [1.82, 2.24) is 5.32 Å². The highest BCUT2D eigenvalue weighted by Crippen LogP contribution is 2.19. The number of rotatable bonds is 11. The lowest BCUT2D eigenvalue weighted by Crippen LogP contribution is -2.22. The van der Waals surface area contributed by atoms with Crippen LogP contribution in [-0.2, 0) is 9.53 Å². The van der Waals surface area contributed by atoms with E-state index in [0.717, 1.165) is 25.7 Å². The monoisotopic (exact) mass is 319 g/mol. The molecule has 1 amide bonds. The fraction of sp³-hybridized carbons (Fsp3) is 0.444. The van der Waals surface area contributed by atoms with Gasteiger partial charge in [-0.15, -0.1) is 0 Å². The van der Waals surface area contributed by atoms with Crippen molar-refractivity contribution in [2.75, 3.05) is 19.8 Å². The highest BCUT2D eigenvalue weighted by molar-refractivity contribution is 5.92. The molecule has 1 aromatic carbocycles. The molecule has 1 rings (SSSR count). The molecule has 5 heteroatoms. The molecule has 0 atom stereocenters. The number of para-hydroxylation sites is 1. The number of carbonyl (C=O) groups is 2. The molecule has 0 bridgehead atoms. The molecule has 0 aliphatic carbocycles. The van der Waals surface area contributed by atoms with Crippen LogP contribution in [0.15, 0.2) is 36.9 Å². The topological polar surface area (TPSA) is 64.6 Å². The van der Waals surface area contributed by atoms with Gasteiger partial charge in [-0.1, -0.05) is 32.1 Å². The smallest absolute Gasteiger partial charge is 0.341 e. The van der Waals surface area contributed by atoms with Crippen LogP contribution >= 0.6 is 0 Å². The standard InChI is InChI=1S/C18H25NO4/c1-3-5-13-23-18(21)15-10-6-7-11-16(15)22-14-9-8-12-19-17(20)4-2/h4,6-7,10-11H,2-3,5,8-9,12-14H2,1H3,(H,19,20). The number of hydrogen-bond donors (Lipinski definition) is 1. The summed E-state index contributed by atoms with van der Waals surface area (Å²) in [7, 11) is 0. The lowest BCUT2D eigenvalue weighted by Gasteiger charge is -2.11. The maximum atomic E-state index is 12.0. The Morgan fingerprint density at radius 2 is 1.96 bits per heavy atom. The summed E-state index contributed by atoms with van der Waals surface area (Å²) in [5, 5.41) is 2.70. The summed E-state index contributed by atoms with van der Waals surface area (Å²) in [5.74, 6) is 0.00232. The zero-order valence-electron chi connectivity index (χ0n) is 13.7. The lowest BCUT2D eigenvalue weighted by atomic mass is 10.2. The molecule has 0 radical (unpaired) electrons. The van der Waals surface area contributed by atoms with E-state index in [9.17, 15) is 9.59 Å². The molecule has 0 aliphatic rings. The van der Waals surface area contributed by atoms with Crippen LogP contribution in [0.25, 0.3) is 0 Å². The van der Waals surface area contributed by atoms with Crippen LogP contribution in [0.4, 0.5) is 0 Å². The zero-order chi connectivity index (χ0) is 16.9. The molecule has 0 saturated carbocycles. The van der Waals surface area contributed by atoms with E-state index < -0.39 is 0 Å². The van der Waals surface area contributed by atoms with E-state index >= 15 is 0 Å². The summed E-state index contributed by atoms with van der Waals surface area (Å²) in [6.07, 6.45) is 4.65. The van der Waals surface area contributed by atoms with Crippen LogP contribution in [0, 0.1) is 0 Å². The average molecular weight is 319 g/mol. The molecular formula is C18H25NO4. The number of nitrogens with one attached hydrogen (secondary N) is 1. The average Bonchev–Trinajstić information content (AvgIpc) is 2.58. The van der Waals surface area contributed by atoms with Crippen molar-refractivity contribution in [3.05, 3.63) is 42.5 Å². The van der Waals surface area contributed by atoms with E-state index in [1.807, 2.05) is 13.0 Å². The number of unbranched alkanes of at least 4 members (excludes halogenated alkanes) is 2. The Morgan fingerprint density at radius 1 is 1.17 bits per heavy atom. The first-order valence-electron chi connectivity index (χ1n) is 7.98. The van der Waals surface area contributed by atoms with Gasteiger partial charge in [-0.25, -0.2) is 4.79 Å². The first-order valence-corrected chi connectivity index (χ1v) is 7.98. The van der Waals surface area contributed by atoms with Crippen molar-refractivity contribution in [2.45, 2.75) is 32.6 Å². The fourth-order valence-corrected chi connectivity index (χ4v) is 1.84. The number of carbonyl (C=O) groups excluding carboxylic acids is 2. The molecule has 1 aromatic rings. The zero-order valence-corrected chi connectivity index (χ0v) is 13.7. The third kappa shape index (κ3) is 7.49. The van der Waals surface area contributed by atoms with E-state index in [4.69, 9.17) is 9.47 Å². The van der Waals surface area contributed by atoms with Crippen LogP contribution < -0.4 is 10.1 Å². The highest BCUT2D eigenvalue weighted by Gasteiger charge is 2.13. The quantitative estimate of drug-likeness (QED) is 0.387.